The summed E-state index contributed by atoms with van der Waals surface area (Å²) in [7, 11) is 0. The van der Waals surface area contributed by atoms with Gasteiger partial charge in [0.1, 0.15) is 0 Å². The number of hydrogen-bond acceptors (Lipinski definition) is 4. The van der Waals surface area contributed by atoms with Crippen LogP contribution in [-0.2, 0) is 4.79 Å². The third kappa shape index (κ3) is 4.79. The lowest BCUT2D eigenvalue weighted by Gasteiger charge is -2.22. The van der Waals surface area contributed by atoms with E-state index >= 15 is 0 Å². The molecule has 1 heterocycles. The van der Waals surface area contributed by atoms with Crippen LogP contribution in [0.5, 0.6) is 0 Å². The molecule has 0 bridgehead atoms. The van der Waals surface area contributed by atoms with Gasteiger partial charge in [0.2, 0.25) is 5.91 Å². The van der Waals surface area contributed by atoms with Crippen molar-refractivity contribution in [1.82, 2.24) is 10.2 Å². The minimum Gasteiger partial charge on any atom is -0.355 e. The van der Waals surface area contributed by atoms with Crippen LogP contribution in [0, 0.1) is 5.41 Å². The van der Waals surface area contributed by atoms with Crippen molar-refractivity contribution in [2.24, 2.45) is 5.41 Å². The molecule has 0 spiro atoms. The molecular weight excluding hydrogens is 252 g/mol. The van der Waals surface area contributed by atoms with Gasteiger partial charge in [-0.05, 0) is 25.0 Å². The first kappa shape index (κ1) is 16.4. The molecule has 0 aliphatic heterocycles. The van der Waals surface area contributed by atoms with Gasteiger partial charge < -0.3 is 10.2 Å². The van der Waals surface area contributed by atoms with Gasteiger partial charge in [0, 0.05) is 18.5 Å². The summed E-state index contributed by atoms with van der Waals surface area (Å²) in [6, 6.07) is 3.72. The highest BCUT2D eigenvalue weighted by Crippen LogP contribution is 2.17. The Morgan fingerprint density at radius 3 is 2.15 bits per heavy atom. The maximum Gasteiger partial charge on any atom is 0.230 e. The second-order valence-corrected chi connectivity index (χ2v) is 5.97. The molecule has 1 rings (SSSR count). The van der Waals surface area contributed by atoms with Crippen molar-refractivity contribution in [3.05, 3.63) is 12.1 Å². The lowest BCUT2D eigenvalue weighted by atomic mass is 9.96. The number of nitrogens with one attached hydrogen (secondary N) is 1. The van der Waals surface area contributed by atoms with Gasteiger partial charge in [0.25, 0.3) is 0 Å². The molecule has 0 aromatic carbocycles. The van der Waals surface area contributed by atoms with Crippen LogP contribution in [0.1, 0.15) is 47.5 Å². The highest BCUT2D eigenvalue weighted by Gasteiger charge is 2.21. The molecule has 0 saturated heterocycles. The summed E-state index contributed by atoms with van der Waals surface area (Å²) in [4.78, 5) is 14.1. The molecule has 0 saturated carbocycles. The topological polar surface area (TPSA) is 58.1 Å². The van der Waals surface area contributed by atoms with Crippen molar-refractivity contribution < 1.29 is 4.79 Å². The molecule has 1 aromatic rings. The number of nitrogens with zero attached hydrogens (tertiary/aromatic N) is 3. The third-order valence-electron chi connectivity index (χ3n) is 2.88. The fraction of sp³-hybridized carbons (Fsp3) is 0.667. The number of carbonyl (C=O) groups is 1. The number of carbonyl (C=O) groups excluding carboxylic acids is 1. The summed E-state index contributed by atoms with van der Waals surface area (Å²) >= 11 is 0. The zero-order valence-electron chi connectivity index (χ0n) is 13.2. The Kier molecular flexibility index (Phi) is 5.92. The van der Waals surface area contributed by atoms with Crippen LogP contribution in [0.4, 0.5) is 11.6 Å². The van der Waals surface area contributed by atoms with Crippen molar-refractivity contribution in [3.8, 4) is 0 Å². The first-order chi connectivity index (χ1) is 9.38. The first-order valence-corrected chi connectivity index (χ1v) is 7.28. The summed E-state index contributed by atoms with van der Waals surface area (Å²) in [5, 5.41) is 11.1. The average Bonchev–Trinajstić information content (AvgIpc) is 2.38. The van der Waals surface area contributed by atoms with Crippen molar-refractivity contribution in [2.45, 2.75) is 47.5 Å². The summed E-state index contributed by atoms with van der Waals surface area (Å²) in [6.07, 6.45) is 2.15. The van der Waals surface area contributed by atoms with Gasteiger partial charge in [-0.1, -0.05) is 34.6 Å². The molecule has 0 atom stereocenters. The standard InChI is InChI=1S/C15H26N4O/c1-6-10-19(11-7-2)13-9-8-12(17-18-13)16-14(20)15(3,4)5/h8-9H,6-7,10-11H2,1-5H3,(H,16,17,20). The van der Waals surface area contributed by atoms with Crippen LogP contribution >= 0.6 is 0 Å². The number of aromatic nitrogens is 2. The van der Waals surface area contributed by atoms with Crippen LogP contribution < -0.4 is 10.2 Å². The maximum atomic E-state index is 11.9. The largest absolute Gasteiger partial charge is 0.355 e. The van der Waals surface area contributed by atoms with Gasteiger partial charge >= 0.3 is 0 Å². The zero-order chi connectivity index (χ0) is 15.2. The number of amides is 1. The van der Waals surface area contributed by atoms with E-state index in [1.807, 2.05) is 32.9 Å². The molecular formula is C15H26N4O. The Morgan fingerprint density at radius 1 is 1.15 bits per heavy atom. The van der Waals surface area contributed by atoms with Crippen LogP contribution in [-0.4, -0.2) is 29.2 Å². The minimum absolute atomic E-state index is 0.0569. The lowest BCUT2D eigenvalue weighted by molar-refractivity contribution is -0.123. The normalized spacial score (nSPS) is 11.2. The summed E-state index contributed by atoms with van der Waals surface area (Å²) in [6.45, 7) is 11.8. The van der Waals surface area contributed by atoms with E-state index in [0.717, 1.165) is 31.7 Å². The average molecular weight is 278 g/mol. The highest BCUT2D eigenvalue weighted by atomic mass is 16.2. The monoisotopic (exact) mass is 278 g/mol. The number of hydrogen-bond donors (Lipinski definition) is 1. The van der Waals surface area contributed by atoms with E-state index in [-0.39, 0.29) is 5.91 Å². The molecule has 1 aromatic heterocycles. The fourth-order valence-corrected chi connectivity index (χ4v) is 1.75. The number of rotatable bonds is 6. The van der Waals surface area contributed by atoms with Crippen LogP contribution in [0.3, 0.4) is 0 Å². The minimum atomic E-state index is -0.434. The quantitative estimate of drug-likeness (QED) is 0.868. The summed E-state index contributed by atoms with van der Waals surface area (Å²) < 4.78 is 0. The van der Waals surface area contributed by atoms with Gasteiger partial charge in [-0.25, -0.2) is 0 Å². The molecule has 0 unspecified atom stereocenters. The molecule has 5 heteroatoms. The van der Waals surface area contributed by atoms with E-state index in [0.29, 0.717) is 5.82 Å². The molecule has 0 fully saturated rings. The maximum absolute atomic E-state index is 11.9. The van der Waals surface area contributed by atoms with Crippen LogP contribution in [0.2, 0.25) is 0 Å². The predicted molar refractivity (Wildman–Crippen MR) is 82.9 cm³/mol. The highest BCUT2D eigenvalue weighted by molar-refractivity contribution is 5.93. The van der Waals surface area contributed by atoms with Crippen LogP contribution in [0.15, 0.2) is 12.1 Å². The summed E-state index contributed by atoms with van der Waals surface area (Å²) in [5.41, 5.74) is -0.434. The van der Waals surface area contributed by atoms with Gasteiger partial charge in [0.05, 0.1) is 0 Å². The van der Waals surface area contributed by atoms with Crippen molar-refractivity contribution >= 4 is 17.5 Å². The molecule has 0 aliphatic rings. The molecule has 1 amide bonds. The SMILES string of the molecule is CCCN(CCC)c1ccc(NC(=O)C(C)(C)C)nn1. The van der Waals surface area contributed by atoms with E-state index in [9.17, 15) is 4.79 Å². The molecule has 20 heavy (non-hydrogen) atoms. The van der Waals surface area contributed by atoms with E-state index in [2.05, 4.69) is 34.3 Å². The smallest absolute Gasteiger partial charge is 0.230 e. The fourth-order valence-electron chi connectivity index (χ4n) is 1.75. The molecule has 0 aliphatic carbocycles. The summed E-state index contributed by atoms with van der Waals surface area (Å²) in [5.74, 6) is 1.31. The third-order valence-corrected chi connectivity index (χ3v) is 2.88. The predicted octanol–water partition coefficient (Wildman–Crippen LogP) is 3.09. The van der Waals surface area contributed by atoms with Gasteiger partial charge in [0.15, 0.2) is 11.6 Å². The Bertz CT molecular complexity index is 416. The Hall–Kier alpha value is -1.65. The van der Waals surface area contributed by atoms with Crippen molar-refractivity contribution in [3.63, 3.8) is 0 Å². The number of anilines is 2. The molecule has 1 N–H and O–H groups in total. The second kappa shape index (κ2) is 7.22. The van der Waals surface area contributed by atoms with Crippen molar-refractivity contribution in [1.29, 1.82) is 0 Å². The van der Waals surface area contributed by atoms with E-state index in [4.69, 9.17) is 0 Å². The molecule has 5 nitrogen and oxygen atoms in total. The Morgan fingerprint density at radius 2 is 1.75 bits per heavy atom. The second-order valence-electron chi connectivity index (χ2n) is 5.97. The molecule has 112 valence electrons. The Balaban J connectivity index is 2.75. The van der Waals surface area contributed by atoms with Crippen LogP contribution in [0.25, 0.3) is 0 Å². The van der Waals surface area contributed by atoms with Gasteiger partial charge in [-0.2, -0.15) is 0 Å². The van der Waals surface area contributed by atoms with E-state index < -0.39 is 5.41 Å². The van der Waals surface area contributed by atoms with Gasteiger partial charge in [-0.3, -0.25) is 4.79 Å². The van der Waals surface area contributed by atoms with E-state index in [1.165, 1.54) is 0 Å². The Labute approximate surface area is 121 Å². The van der Waals surface area contributed by atoms with Gasteiger partial charge in [-0.15, -0.1) is 10.2 Å². The molecule has 0 radical (unpaired) electrons. The lowest BCUT2D eigenvalue weighted by Crippen LogP contribution is -2.29. The zero-order valence-corrected chi connectivity index (χ0v) is 13.2. The van der Waals surface area contributed by atoms with E-state index in [1.54, 1.807) is 0 Å². The van der Waals surface area contributed by atoms with Crippen molar-refractivity contribution in [2.75, 3.05) is 23.3 Å². The first-order valence-electron chi connectivity index (χ1n) is 7.28.